The molecule has 0 radical (unpaired) electrons. The van der Waals surface area contributed by atoms with Crippen LogP contribution in [0.4, 0.5) is 5.69 Å². The van der Waals surface area contributed by atoms with Crippen LogP contribution in [0.5, 0.6) is 0 Å². The van der Waals surface area contributed by atoms with Crippen LogP contribution in [0.25, 0.3) is 0 Å². The fourth-order valence-electron chi connectivity index (χ4n) is 2.20. The summed E-state index contributed by atoms with van der Waals surface area (Å²) in [6, 6.07) is 5.81. The number of aryl methyl sites for hydroxylation is 2. The van der Waals surface area contributed by atoms with Gasteiger partial charge in [-0.3, -0.25) is 0 Å². The zero-order chi connectivity index (χ0) is 11.0. The van der Waals surface area contributed by atoms with Crippen LogP contribution in [0.15, 0.2) is 18.2 Å². The SMILES string of the molecule is Cc1ccc2c(c1)CCC(C(=O)O)N2C. The van der Waals surface area contributed by atoms with Gasteiger partial charge in [-0.15, -0.1) is 0 Å². The molecule has 0 aliphatic carbocycles. The average Bonchev–Trinajstić information content (AvgIpc) is 2.17. The van der Waals surface area contributed by atoms with E-state index in [1.807, 2.05) is 24.1 Å². The van der Waals surface area contributed by atoms with Crippen LogP contribution in [-0.4, -0.2) is 24.2 Å². The minimum Gasteiger partial charge on any atom is -0.480 e. The number of fused-ring (bicyclic) bond motifs is 1. The molecule has 3 heteroatoms. The first-order valence-electron chi connectivity index (χ1n) is 5.15. The van der Waals surface area contributed by atoms with E-state index in [9.17, 15) is 4.79 Å². The number of aliphatic carboxylic acids is 1. The number of carboxylic acid groups (broad SMARTS) is 1. The van der Waals surface area contributed by atoms with Crippen molar-refractivity contribution in [2.75, 3.05) is 11.9 Å². The summed E-state index contributed by atoms with van der Waals surface area (Å²) in [6.45, 7) is 2.06. The van der Waals surface area contributed by atoms with Crippen molar-refractivity contribution in [1.82, 2.24) is 0 Å². The predicted molar refractivity (Wildman–Crippen MR) is 59.3 cm³/mol. The van der Waals surface area contributed by atoms with E-state index in [2.05, 4.69) is 13.0 Å². The van der Waals surface area contributed by atoms with Gasteiger partial charge in [0.15, 0.2) is 0 Å². The zero-order valence-electron chi connectivity index (χ0n) is 9.03. The molecular weight excluding hydrogens is 190 g/mol. The lowest BCUT2D eigenvalue weighted by atomic mass is 9.95. The molecule has 1 aromatic carbocycles. The molecule has 0 saturated carbocycles. The number of carbonyl (C=O) groups is 1. The molecule has 15 heavy (non-hydrogen) atoms. The van der Waals surface area contributed by atoms with Gasteiger partial charge >= 0.3 is 5.97 Å². The van der Waals surface area contributed by atoms with Gasteiger partial charge in [0.1, 0.15) is 6.04 Å². The van der Waals surface area contributed by atoms with Crippen molar-refractivity contribution in [3.05, 3.63) is 29.3 Å². The average molecular weight is 205 g/mol. The summed E-state index contributed by atoms with van der Waals surface area (Å²) < 4.78 is 0. The lowest BCUT2D eigenvalue weighted by Crippen LogP contribution is -2.41. The van der Waals surface area contributed by atoms with Gasteiger partial charge in [-0.2, -0.15) is 0 Å². The number of benzene rings is 1. The lowest BCUT2D eigenvalue weighted by Gasteiger charge is -2.33. The predicted octanol–water partition coefficient (Wildman–Crippen LogP) is 1.83. The summed E-state index contributed by atoms with van der Waals surface area (Å²) in [4.78, 5) is 12.9. The van der Waals surface area contributed by atoms with Crippen LogP contribution in [0, 0.1) is 6.92 Å². The van der Waals surface area contributed by atoms with Gasteiger partial charge in [0.25, 0.3) is 0 Å². The summed E-state index contributed by atoms with van der Waals surface area (Å²) in [7, 11) is 1.85. The highest BCUT2D eigenvalue weighted by Crippen LogP contribution is 2.30. The Bertz CT molecular complexity index is 401. The Balaban J connectivity index is 2.38. The van der Waals surface area contributed by atoms with Gasteiger partial charge in [0.2, 0.25) is 0 Å². The molecule has 1 aliphatic heterocycles. The Hall–Kier alpha value is -1.51. The maximum absolute atomic E-state index is 11.0. The molecule has 1 aliphatic rings. The molecule has 3 nitrogen and oxygen atoms in total. The Morgan fingerprint density at radius 2 is 2.27 bits per heavy atom. The standard InChI is InChI=1S/C12H15NO2/c1-8-3-5-10-9(7-8)4-6-11(12(14)15)13(10)2/h3,5,7,11H,4,6H2,1-2H3,(H,14,15). The highest BCUT2D eigenvalue weighted by Gasteiger charge is 2.28. The quantitative estimate of drug-likeness (QED) is 0.760. The van der Waals surface area contributed by atoms with E-state index in [0.717, 1.165) is 12.1 Å². The van der Waals surface area contributed by atoms with Gasteiger partial charge in [0, 0.05) is 12.7 Å². The van der Waals surface area contributed by atoms with E-state index < -0.39 is 5.97 Å². The Morgan fingerprint density at radius 3 is 2.93 bits per heavy atom. The first kappa shape index (κ1) is 10.0. The lowest BCUT2D eigenvalue weighted by molar-refractivity contribution is -0.138. The number of rotatable bonds is 1. The molecule has 1 aromatic rings. The fourth-order valence-corrected chi connectivity index (χ4v) is 2.20. The molecular formula is C12H15NO2. The molecule has 0 amide bonds. The van der Waals surface area contributed by atoms with Gasteiger partial charge in [-0.05, 0) is 31.4 Å². The van der Waals surface area contributed by atoms with Gasteiger partial charge < -0.3 is 10.0 Å². The van der Waals surface area contributed by atoms with E-state index in [-0.39, 0.29) is 6.04 Å². The third-order valence-corrected chi connectivity index (χ3v) is 3.05. The normalized spacial score (nSPS) is 19.9. The first-order chi connectivity index (χ1) is 7.09. The number of carboxylic acids is 1. The number of hydrogen-bond donors (Lipinski definition) is 1. The smallest absolute Gasteiger partial charge is 0.326 e. The van der Waals surface area contributed by atoms with E-state index in [4.69, 9.17) is 5.11 Å². The van der Waals surface area contributed by atoms with Crippen LogP contribution in [0.1, 0.15) is 17.5 Å². The topological polar surface area (TPSA) is 40.5 Å². The highest BCUT2D eigenvalue weighted by atomic mass is 16.4. The summed E-state index contributed by atoms with van der Waals surface area (Å²) in [5.41, 5.74) is 3.55. The third-order valence-electron chi connectivity index (χ3n) is 3.05. The van der Waals surface area contributed by atoms with Gasteiger partial charge in [-0.1, -0.05) is 17.7 Å². The van der Waals surface area contributed by atoms with Crippen molar-refractivity contribution >= 4 is 11.7 Å². The minimum atomic E-state index is -0.733. The van der Waals surface area contributed by atoms with E-state index >= 15 is 0 Å². The molecule has 0 saturated heterocycles. The molecule has 0 bridgehead atoms. The van der Waals surface area contributed by atoms with Crippen LogP contribution >= 0.6 is 0 Å². The van der Waals surface area contributed by atoms with E-state index in [1.54, 1.807) is 0 Å². The summed E-state index contributed by atoms with van der Waals surface area (Å²) >= 11 is 0. The number of likely N-dealkylation sites (N-methyl/N-ethyl adjacent to an activating group) is 1. The fraction of sp³-hybridized carbons (Fsp3) is 0.417. The van der Waals surface area contributed by atoms with E-state index in [1.165, 1.54) is 11.1 Å². The molecule has 0 spiro atoms. The second-order valence-corrected chi connectivity index (χ2v) is 4.14. The molecule has 1 atom stereocenters. The molecule has 80 valence electrons. The van der Waals surface area contributed by atoms with Crippen molar-refractivity contribution in [3.63, 3.8) is 0 Å². The number of anilines is 1. The number of nitrogens with zero attached hydrogens (tertiary/aromatic N) is 1. The summed E-state index contributed by atoms with van der Waals surface area (Å²) in [6.07, 6.45) is 1.56. The summed E-state index contributed by atoms with van der Waals surface area (Å²) in [5, 5.41) is 9.05. The molecule has 1 heterocycles. The van der Waals surface area contributed by atoms with Crippen LogP contribution < -0.4 is 4.90 Å². The van der Waals surface area contributed by atoms with Crippen LogP contribution in [0.2, 0.25) is 0 Å². The largest absolute Gasteiger partial charge is 0.480 e. The Morgan fingerprint density at radius 1 is 1.53 bits per heavy atom. The Labute approximate surface area is 89.3 Å². The van der Waals surface area contributed by atoms with Crippen molar-refractivity contribution in [3.8, 4) is 0 Å². The second kappa shape index (κ2) is 3.57. The van der Waals surface area contributed by atoms with Gasteiger partial charge in [-0.25, -0.2) is 4.79 Å². The maximum Gasteiger partial charge on any atom is 0.326 e. The second-order valence-electron chi connectivity index (χ2n) is 4.14. The monoisotopic (exact) mass is 205 g/mol. The van der Waals surface area contributed by atoms with Crippen molar-refractivity contribution in [1.29, 1.82) is 0 Å². The molecule has 2 rings (SSSR count). The third kappa shape index (κ3) is 1.69. The van der Waals surface area contributed by atoms with E-state index in [0.29, 0.717) is 6.42 Å². The number of hydrogen-bond acceptors (Lipinski definition) is 2. The Kier molecular flexibility index (Phi) is 2.39. The van der Waals surface area contributed by atoms with Crippen LogP contribution in [0.3, 0.4) is 0 Å². The van der Waals surface area contributed by atoms with Crippen molar-refractivity contribution in [2.45, 2.75) is 25.8 Å². The molecule has 0 fully saturated rings. The summed E-state index contributed by atoms with van der Waals surface area (Å²) in [5.74, 6) is -0.733. The zero-order valence-corrected chi connectivity index (χ0v) is 9.03. The first-order valence-corrected chi connectivity index (χ1v) is 5.15. The van der Waals surface area contributed by atoms with Crippen molar-refractivity contribution < 1.29 is 9.90 Å². The minimum absolute atomic E-state index is 0.375. The molecule has 1 N–H and O–H groups in total. The maximum atomic E-state index is 11.0. The van der Waals surface area contributed by atoms with Crippen LogP contribution in [-0.2, 0) is 11.2 Å². The van der Waals surface area contributed by atoms with Crippen molar-refractivity contribution in [2.24, 2.45) is 0 Å². The molecule has 0 aromatic heterocycles. The molecule has 1 unspecified atom stereocenters. The van der Waals surface area contributed by atoms with Gasteiger partial charge in [0.05, 0.1) is 0 Å². The highest BCUT2D eigenvalue weighted by molar-refractivity contribution is 5.79.